The van der Waals surface area contributed by atoms with Crippen molar-refractivity contribution in [2.45, 2.75) is 12.8 Å². The fraction of sp³-hybridized carbons (Fsp3) is 0.423. The lowest BCUT2D eigenvalue weighted by molar-refractivity contribution is -0.126. The number of amides is 3. The fourth-order valence-electron chi connectivity index (χ4n) is 4.21. The Hall–Kier alpha value is -3.43. The first-order chi connectivity index (χ1) is 17.1. The number of benzene rings is 2. The van der Waals surface area contributed by atoms with Crippen molar-refractivity contribution in [1.29, 1.82) is 0 Å². The lowest BCUT2D eigenvalue weighted by atomic mass is 10.1. The number of rotatable bonds is 10. The van der Waals surface area contributed by atoms with Crippen molar-refractivity contribution in [2.24, 2.45) is 5.92 Å². The highest BCUT2D eigenvalue weighted by atomic mass is 16.5. The summed E-state index contributed by atoms with van der Waals surface area (Å²) in [6.45, 7) is 5.17. The molecule has 0 radical (unpaired) electrons. The molecule has 0 aliphatic carbocycles. The Morgan fingerprint density at radius 3 is 2.51 bits per heavy atom. The minimum Gasteiger partial charge on any atom is -0.484 e. The lowest BCUT2D eigenvalue weighted by Crippen LogP contribution is -2.39. The van der Waals surface area contributed by atoms with E-state index < -0.39 is 0 Å². The molecule has 0 saturated carbocycles. The zero-order valence-electron chi connectivity index (χ0n) is 19.8. The van der Waals surface area contributed by atoms with Crippen LogP contribution in [0.3, 0.4) is 0 Å². The van der Waals surface area contributed by atoms with Gasteiger partial charge in [-0.1, -0.05) is 18.2 Å². The predicted octanol–water partition coefficient (Wildman–Crippen LogP) is 1.90. The van der Waals surface area contributed by atoms with E-state index in [1.165, 1.54) is 0 Å². The van der Waals surface area contributed by atoms with Gasteiger partial charge in [0.05, 0.1) is 19.1 Å². The molecule has 3 amide bonds. The van der Waals surface area contributed by atoms with Gasteiger partial charge in [-0.3, -0.25) is 19.3 Å². The van der Waals surface area contributed by atoms with Gasteiger partial charge in [0.1, 0.15) is 5.75 Å². The number of carbonyl (C=O) groups excluding carboxylic acids is 3. The molecule has 9 heteroatoms. The van der Waals surface area contributed by atoms with E-state index in [1.807, 2.05) is 18.2 Å². The van der Waals surface area contributed by atoms with Gasteiger partial charge in [0.15, 0.2) is 6.61 Å². The molecule has 9 nitrogen and oxygen atoms in total. The van der Waals surface area contributed by atoms with Crippen LogP contribution in [-0.4, -0.2) is 75.2 Å². The molecule has 2 aliphatic rings. The van der Waals surface area contributed by atoms with Crippen LogP contribution in [0.1, 0.15) is 12.8 Å². The SMILES string of the molecule is O=C(COc1ccc(N2C[C@H](C(=O)NCCCN3CCOCC3)CC2=O)cc1)Nc1ccccc1. The van der Waals surface area contributed by atoms with Crippen molar-refractivity contribution >= 4 is 29.1 Å². The van der Waals surface area contributed by atoms with Gasteiger partial charge in [0, 0.05) is 44.0 Å². The molecule has 2 aliphatic heterocycles. The molecule has 2 aromatic rings. The number of hydrogen-bond donors (Lipinski definition) is 2. The maximum Gasteiger partial charge on any atom is 0.262 e. The number of carbonyl (C=O) groups is 3. The molecule has 2 N–H and O–H groups in total. The van der Waals surface area contributed by atoms with E-state index in [2.05, 4.69) is 15.5 Å². The predicted molar refractivity (Wildman–Crippen MR) is 132 cm³/mol. The van der Waals surface area contributed by atoms with Crippen LogP contribution >= 0.6 is 0 Å². The van der Waals surface area contributed by atoms with Gasteiger partial charge in [0.2, 0.25) is 11.8 Å². The quantitative estimate of drug-likeness (QED) is 0.504. The van der Waals surface area contributed by atoms with Crippen molar-refractivity contribution in [3.8, 4) is 5.75 Å². The van der Waals surface area contributed by atoms with Gasteiger partial charge in [-0.2, -0.15) is 0 Å². The van der Waals surface area contributed by atoms with Crippen molar-refractivity contribution in [1.82, 2.24) is 10.2 Å². The van der Waals surface area contributed by atoms with Crippen molar-refractivity contribution in [3.63, 3.8) is 0 Å². The second kappa shape index (κ2) is 12.3. The summed E-state index contributed by atoms with van der Waals surface area (Å²) >= 11 is 0. The van der Waals surface area contributed by atoms with Crippen LogP contribution < -0.4 is 20.3 Å². The van der Waals surface area contributed by atoms with Crippen LogP contribution in [0.2, 0.25) is 0 Å². The van der Waals surface area contributed by atoms with E-state index in [4.69, 9.17) is 9.47 Å². The highest BCUT2D eigenvalue weighted by Crippen LogP contribution is 2.27. The molecule has 2 aromatic carbocycles. The van der Waals surface area contributed by atoms with Crippen LogP contribution in [0.5, 0.6) is 5.75 Å². The summed E-state index contributed by atoms with van der Waals surface area (Å²) in [5.74, 6) is -0.239. The molecule has 2 saturated heterocycles. The Morgan fingerprint density at radius 1 is 1.03 bits per heavy atom. The first-order valence-corrected chi connectivity index (χ1v) is 12.0. The summed E-state index contributed by atoms with van der Waals surface area (Å²) in [6.07, 6.45) is 1.08. The maximum atomic E-state index is 12.6. The van der Waals surface area contributed by atoms with Gasteiger partial charge in [0.25, 0.3) is 5.91 Å². The Labute approximate surface area is 205 Å². The highest BCUT2D eigenvalue weighted by molar-refractivity contribution is 6.00. The van der Waals surface area contributed by atoms with Gasteiger partial charge in [-0.05, 0) is 49.4 Å². The van der Waals surface area contributed by atoms with Crippen LogP contribution in [0.4, 0.5) is 11.4 Å². The summed E-state index contributed by atoms with van der Waals surface area (Å²) < 4.78 is 10.9. The molecule has 1 atom stereocenters. The number of hydrogen-bond acceptors (Lipinski definition) is 6. The average molecular weight is 481 g/mol. The summed E-state index contributed by atoms with van der Waals surface area (Å²) in [6, 6.07) is 16.1. The first kappa shape index (κ1) is 24.7. The lowest BCUT2D eigenvalue weighted by Gasteiger charge is -2.26. The third-order valence-corrected chi connectivity index (χ3v) is 6.13. The third kappa shape index (κ3) is 7.27. The van der Waals surface area contributed by atoms with Gasteiger partial charge >= 0.3 is 0 Å². The summed E-state index contributed by atoms with van der Waals surface area (Å²) in [5, 5.41) is 5.74. The minimum absolute atomic E-state index is 0.0747. The van der Waals surface area contributed by atoms with Crippen molar-refractivity contribution < 1.29 is 23.9 Å². The zero-order valence-corrected chi connectivity index (χ0v) is 19.8. The summed E-state index contributed by atoms with van der Waals surface area (Å²) in [5.41, 5.74) is 1.42. The normalized spacial score (nSPS) is 18.3. The molecule has 0 spiro atoms. The summed E-state index contributed by atoms with van der Waals surface area (Å²) in [7, 11) is 0. The average Bonchev–Trinajstić information content (AvgIpc) is 3.28. The number of nitrogens with zero attached hydrogens (tertiary/aromatic N) is 2. The monoisotopic (exact) mass is 480 g/mol. The molecular formula is C26H32N4O5. The zero-order chi connectivity index (χ0) is 24.5. The van der Waals surface area contributed by atoms with Gasteiger partial charge in [-0.25, -0.2) is 0 Å². The Bertz CT molecular complexity index is 993. The number of ether oxygens (including phenoxy) is 2. The van der Waals surface area contributed by atoms with E-state index >= 15 is 0 Å². The van der Waals surface area contributed by atoms with E-state index in [9.17, 15) is 14.4 Å². The molecule has 186 valence electrons. The van der Waals surface area contributed by atoms with Crippen molar-refractivity contribution in [2.75, 3.05) is 62.8 Å². The smallest absolute Gasteiger partial charge is 0.262 e. The summed E-state index contributed by atoms with van der Waals surface area (Å²) in [4.78, 5) is 41.1. The first-order valence-electron chi connectivity index (χ1n) is 12.0. The topological polar surface area (TPSA) is 100 Å². The Balaban J connectivity index is 1.19. The molecule has 35 heavy (non-hydrogen) atoms. The number of nitrogens with one attached hydrogen (secondary N) is 2. The van der Waals surface area contributed by atoms with Crippen LogP contribution in [0.15, 0.2) is 54.6 Å². The molecular weight excluding hydrogens is 448 g/mol. The molecule has 0 bridgehead atoms. The minimum atomic E-state index is -0.358. The van der Waals surface area contributed by atoms with Crippen LogP contribution in [0.25, 0.3) is 0 Å². The molecule has 2 heterocycles. The Morgan fingerprint density at radius 2 is 1.77 bits per heavy atom. The highest BCUT2D eigenvalue weighted by Gasteiger charge is 2.35. The molecule has 0 unspecified atom stereocenters. The van der Waals surface area contributed by atoms with Crippen LogP contribution in [0, 0.1) is 5.92 Å². The van der Waals surface area contributed by atoms with Crippen molar-refractivity contribution in [3.05, 3.63) is 54.6 Å². The van der Waals surface area contributed by atoms with E-state index in [1.54, 1.807) is 41.3 Å². The number of para-hydroxylation sites is 1. The van der Waals surface area contributed by atoms with Gasteiger partial charge in [-0.15, -0.1) is 0 Å². The fourth-order valence-corrected chi connectivity index (χ4v) is 4.21. The van der Waals surface area contributed by atoms with Crippen LogP contribution in [-0.2, 0) is 19.1 Å². The van der Waals surface area contributed by atoms with Gasteiger partial charge < -0.3 is 25.0 Å². The molecule has 0 aromatic heterocycles. The third-order valence-electron chi connectivity index (χ3n) is 6.13. The standard InChI is InChI=1S/C26H32N4O5/c31-24(28-21-5-2-1-3-6-21)19-35-23-9-7-22(8-10-23)30-18-20(17-25(30)32)26(33)27-11-4-12-29-13-15-34-16-14-29/h1-3,5-10,20H,4,11-19H2,(H,27,33)(H,28,31)/t20-/m1/s1. The van der Waals surface area contributed by atoms with E-state index in [-0.39, 0.29) is 36.7 Å². The maximum absolute atomic E-state index is 12.6. The second-order valence-corrected chi connectivity index (χ2v) is 8.70. The van der Waals surface area contributed by atoms with E-state index in [0.717, 1.165) is 39.3 Å². The second-order valence-electron chi connectivity index (χ2n) is 8.70. The molecule has 2 fully saturated rings. The van der Waals surface area contributed by atoms with E-state index in [0.29, 0.717) is 30.2 Å². The Kier molecular flexibility index (Phi) is 8.69. The molecule has 4 rings (SSSR count). The largest absolute Gasteiger partial charge is 0.484 e. The number of morpholine rings is 1. The number of anilines is 2.